The molecule has 0 radical (unpaired) electrons. The van der Waals surface area contributed by atoms with Crippen molar-refractivity contribution in [1.82, 2.24) is 10.4 Å². The molecule has 5 rings (SSSR count). The molecule has 224 valence electrons. The predicted octanol–water partition coefficient (Wildman–Crippen LogP) is 7.45. The normalized spacial score (nSPS) is 10.9. The Hall–Kier alpha value is -5.15. The topological polar surface area (TPSA) is 91.3 Å². The largest absolute Gasteiger partial charge is 0.493 e. The van der Waals surface area contributed by atoms with E-state index >= 15 is 0 Å². The highest BCUT2D eigenvalue weighted by molar-refractivity contribution is 7.09. The molecule has 0 fully saturated rings. The number of hydrogen-bond acceptors (Lipinski definition) is 8. The minimum absolute atomic E-state index is 0.305. The quantitative estimate of drug-likeness (QED) is 0.110. The lowest BCUT2D eigenvalue weighted by Crippen LogP contribution is -2.17. The van der Waals surface area contributed by atoms with Gasteiger partial charge in [-0.3, -0.25) is 4.79 Å². The monoisotopic (exact) mass is 607 g/mol. The van der Waals surface area contributed by atoms with E-state index in [1.807, 2.05) is 92.0 Å². The molecule has 1 amide bonds. The van der Waals surface area contributed by atoms with Crippen LogP contribution in [-0.4, -0.2) is 30.8 Å². The van der Waals surface area contributed by atoms with Crippen LogP contribution in [0.2, 0.25) is 0 Å². The van der Waals surface area contributed by atoms with Gasteiger partial charge in [0.2, 0.25) is 0 Å². The van der Waals surface area contributed by atoms with Crippen LogP contribution in [0.25, 0.3) is 11.3 Å². The molecule has 0 bridgehead atoms. The predicted molar refractivity (Wildman–Crippen MR) is 173 cm³/mol. The van der Waals surface area contributed by atoms with E-state index in [9.17, 15) is 4.79 Å². The summed E-state index contributed by atoms with van der Waals surface area (Å²) < 4.78 is 23.5. The van der Waals surface area contributed by atoms with Crippen molar-refractivity contribution in [2.45, 2.75) is 27.1 Å². The fourth-order valence-corrected chi connectivity index (χ4v) is 4.95. The number of aryl methyl sites for hydroxylation is 1. The first-order chi connectivity index (χ1) is 21.5. The maximum atomic E-state index is 12.6. The Morgan fingerprint density at radius 3 is 2.27 bits per heavy atom. The number of rotatable bonds is 13. The van der Waals surface area contributed by atoms with Gasteiger partial charge in [0.1, 0.15) is 13.2 Å². The SMILES string of the molecule is CCOc1cc(COc2ccc(/C=N/NC(=O)c3ccc(-c4csc(C)n4)cc3)cc2OC)ccc1OCc1ccccc1. The van der Waals surface area contributed by atoms with E-state index in [0.29, 0.717) is 48.4 Å². The van der Waals surface area contributed by atoms with Crippen LogP contribution in [0.5, 0.6) is 23.0 Å². The van der Waals surface area contributed by atoms with E-state index in [1.165, 1.54) is 0 Å². The van der Waals surface area contributed by atoms with Crippen LogP contribution in [0.4, 0.5) is 0 Å². The van der Waals surface area contributed by atoms with Gasteiger partial charge in [0, 0.05) is 16.5 Å². The summed E-state index contributed by atoms with van der Waals surface area (Å²) in [6.07, 6.45) is 1.55. The molecule has 1 aromatic heterocycles. The second kappa shape index (κ2) is 14.8. The first-order valence-electron chi connectivity index (χ1n) is 14.1. The Labute approximate surface area is 260 Å². The smallest absolute Gasteiger partial charge is 0.271 e. The number of ether oxygens (including phenoxy) is 4. The van der Waals surface area contributed by atoms with Crippen LogP contribution < -0.4 is 24.4 Å². The van der Waals surface area contributed by atoms with E-state index in [-0.39, 0.29) is 5.91 Å². The van der Waals surface area contributed by atoms with Crippen molar-refractivity contribution in [3.63, 3.8) is 0 Å². The van der Waals surface area contributed by atoms with Gasteiger partial charge in [0.25, 0.3) is 5.91 Å². The van der Waals surface area contributed by atoms with Gasteiger partial charge in [0.15, 0.2) is 23.0 Å². The van der Waals surface area contributed by atoms with Crippen LogP contribution in [0.15, 0.2) is 101 Å². The number of nitrogens with one attached hydrogen (secondary N) is 1. The van der Waals surface area contributed by atoms with Crippen molar-refractivity contribution in [3.8, 4) is 34.3 Å². The molecule has 0 unspecified atom stereocenters. The van der Waals surface area contributed by atoms with Crippen molar-refractivity contribution in [2.75, 3.05) is 13.7 Å². The van der Waals surface area contributed by atoms with Crippen molar-refractivity contribution in [2.24, 2.45) is 5.10 Å². The maximum absolute atomic E-state index is 12.6. The van der Waals surface area contributed by atoms with Gasteiger partial charge in [-0.2, -0.15) is 5.10 Å². The van der Waals surface area contributed by atoms with Gasteiger partial charge < -0.3 is 18.9 Å². The summed E-state index contributed by atoms with van der Waals surface area (Å²) in [6.45, 7) is 5.18. The number of carbonyl (C=O) groups is 1. The standard InChI is InChI=1S/C35H33N3O5S/c1-4-41-34-19-27(11-17-32(34)42-21-25-8-6-5-7-9-25)22-43-31-16-10-26(18-33(31)40-3)20-36-38-35(39)29-14-12-28(13-15-29)30-23-44-24(2)37-30/h5-20,23H,4,21-22H2,1-3H3,(H,38,39)/b36-20+. The molecule has 0 saturated heterocycles. The molecule has 0 spiro atoms. The first kappa shape index (κ1) is 30.3. The number of nitrogens with zero attached hydrogens (tertiary/aromatic N) is 2. The molecule has 5 aromatic rings. The Balaban J connectivity index is 1.17. The third-order valence-corrected chi connectivity index (χ3v) is 7.34. The average Bonchev–Trinajstić information content (AvgIpc) is 3.50. The van der Waals surface area contributed by atoms with Crippen LogP contribution in [0.3, 0.4) is 0 Å². The lowest BCUT2D eigenvalue weighted by atomic mass is 10.1. The Bertz CT molecular complexity index is 1720. The van der Waals surface area contributed by atoms with E-state index in [0.717, 1.165) is 33.0 Å². The highest BCUT2D eigenvalue weighted by Gasteiger charge is 2.11. The molecule has 0 aliphatic heterocycles. The summed E-state index contributed by atoms with van der Waals surface area (Å²) in [7, 11) is 1.58. The van der Waals surface area contributed by atoms with Crippen molar-refractivity contribution in [3.05, 3.63) is 124 Å². The molecule has 0 saturated carbocycles. The van der Waals surface area contributed by atoms with Crippen molar-refractivity contribution < 1.29 is 23.7 Å². The number of hydrazone groups is 1. The van der Waals surface area contributed by atoms with Gasteiger partial charge in [-0.05, 0) is 73.0 Å². The van der Waals surface area contributed by atoms with Crippen LogP contribution >= 0.6 is 11.3 Å². The first-order valence-corrected chi connectivity index (χ1v) is 15.0. The zero-order valence-corrected chi connectivity index (χ0v) is 25.6. The second-order valence-electron chi connectivity index (χ2n) is 9.72. The number of carbonyl (C=O) groups excluding carboxylic acids is 1. The molecule has 1 heterocycles. The molecule has 0 aliphatic carbocycles. The number of aromatic nitrogens is 1. The lowest BCUT2D eigenvalue weighted by molar-refractivity contribution is 0.0955. The van der Waals surface area contributed by atoms with Gasteiger partial charge in [0.05, 0.1) is 30.6 Å². The highest BCUT2D eigenvalue weighted by atomic mass is 32.1. The molecule has 9 heteroatoms. The second-order valence-corrected chi connectivity index (χ2v) is 10.8. The van der Waals surface area contributed by atoms with Crippen LogP contribution in [-0.2, 0) is 13.2 Å². The summed E-state index contributed by atoms with van der Waals surface area (Å²) in [6, 6.07) is 28.5. The Morgan fingerprint density at radius 1 is 0.841 bits per heavy atom. The zero-order chi connectivity index (χ0) is 30.7. The summed E-state index contributed by atoms with van der Waals surface area (Å²) in [5.41, 5.74) is 7.68. The molecule has 0 atom stereocenters. The van der Waals surface area contributed by atoms with E-state index in [4.69, 9.17) is 18.9 Å². The molecule has 8 nitrogen and oxygen atoms in total. The number of thiazole rings is 1. The van der Waals surface area contributed by atoms with E-state index in [2.05, 4.69) is 15.5 Å². The zero-order valence-electron chi connectivity index (χ0n) is 24.8. The summed E-state index contributed by atoms with van der Waals surface area (Å²) in [5, 5.41) is 7.11. The summed E-state index contributed by atoms with van der Waals surface area (Å²) in [4.78, 5) is 17.1. The fraction of sp³-hybridized carbons (Fsp3) is 0.171. The van der Waals surface area contributed by atoms with Gasteiger partial charge in [-0.1, -0.05) is 48.5 Å². The summed E-state index contributed by atoms with van der Waals surface area (Å²) >= 11 is 1.59. The maximum Gasteiger partial charge on any atom is 0.271 e. The van der Waals surface area contributed by atoms with E-state index in [1.54, 1.807) is 42.9 Å². The Morgan fingerprint density at radius 2 is 1.57 bits per heavy atom. The van der Waals surface area contributed by atoms with Crippen molar-refractivity contribution >= 4 is 23.5 Å². The third-order valence-electron chi connectivity index (χ3n) is 6.57. The molecule has 0 aliphatic rings. The average molecular weight is 608 g/mol. The van der Waals surface area contributed by atoms with E-state index < -0.39 is 0 Å². The number of hydrogen-bond donors (Lipinski definition) is 1. The Kier molecular flexibility index (Phi) is 10.2. The van der Waals surface area contributed by atoms with Crippen LogP contribution in [0.1, 0.15) is 39.0 Å². The molecular formula is C35H33N3O5S. The third kappa shape index (κ3) is 8.02. The number of benzene rings is 4. The van der Waals surface area contributed by atoms with Crippen LogP contribution in [0, 0.1) is 6.92 Å². The van der Waals surface area contributed by atoms with Gasteiger partial charge >= 0.3 is 0 Å². The van der Waals surface area contributed by atoms with Crippen molar-refractivity contribution in [1.29, 1.82) is 0 Å². The highest BCUT2D eigenvalue weighted by Crippen LogP contribution is 2.32. The molecule has 4 aromatic carbocycles. The minimum atomic E-state index is -0.308. The fourth-order valence-electron chi connectivity index (χ4n) is 4.33. The molecule has 1 N–H and O–H groups in total. The van der Waals surface area contributed by atoms with Gasteiger partial charge in [-0.15, -0.1) is 11.3 Å². The number of amides is 1. The molecular weight excluding hydrogens is 574 g/mol. The van der Waals surface area contributed by atoms with Gasteiger partial charge in [-0.25, -0.2) is 10.4 Å². The minimum Gasteiger partial charge on any atom is -0.493 e. The lowest BCUT2D eigenvalue weighted by Gasteiger charge is -2.15. The molecule has 44 heavy (non-hydrogen) atoms. The summed E-state index contributed by atoms with van der Waals surface area (Å²) in [5.74, 6) is 2.15. The number of methoxy groups -OCH3 is 1.